The standard InChI is InChI=1S/C23H28N4O3/c1-2-3-12-25-13-14-26-18(6-7-20(26)22(25)28)16-4-5-19-21(15-16)30-23(29)27(19)17-8-10-24-11-9-17/h4-7,15,17,24H,2-3,8-14H2,1H3. The number of carbonyl (C=O) groups is 1. The van der Waals surface area contributed by atoms with Crippen LogP contribution in [0.5, 0.6) is 0 Å². The molecule has 0 bridgehead atoms. The summed E-state index contributed by atoms with van der Waals surface area (Å²) < 4.78 is 9.52. The monoisotopic (exact) mass is 408 g/mol. The van der Waals surface area contributed by atoms with Crippen LogP contribution in [-0.2, 0) is 6.54 Å². The molecule has 3 aromatic rings. The van der Waals surface area contributed by atoms with Gasteiger partial charge in [-0.1, -0.05) is 19.4 Å². The van der Waals surface area contributed by atoms with Gasteiger partial charge in [0.1, 0.15) is 5.69 Å². The first-order valence-electron chi connectivity index (χ1n) is 11.0. The Morgan fingerprint density at radius 2 is 1.87 bits per heavy atom. The van der Waals surface area contributed by atoms with Crippen LogP contribution in [0.25, 0.3) is 22.4 Å². The molecule has 0 unspecified atom stereocenters. The van der Waals surface area contributed by atoms with E-state index in [9.17, 15) is 9.59 Å². The number of fused-ring (bicyclic) bond motifs is 2. The van der Waals surface area contributed by atoms with Crippen LogP contribution in [0.1, 0.15) is 49.1 Å². The fourth-order valence-corrected chi connectivity index (χ4v) is 4.80. The van der Waals surface area contributed by atoms with Crippen molar-refractivity contribution in [1.29, 1.82) is 0 Å². The molecule has 1 N–H and O–H groups in total. The molecule has 7 heteroatoms. The van der Waals surface area contributed by atoms with Crippen molar-refractivity contribution in [1.82, 2.24) is 19.4 Å². The van der Waals surface area contributed by atoms with E-state index >= 15 is 0 Å². The summed E-state index contributed by atoms with van der Waals surface area (Å²) in [5.74, 6) is -0.182. The van der Waals surface area contributed by atoms with Crippen molar-refractivity contribution < 1.29 is 9.21 Å². The lowest BCUT2D eigenvalue weighted by Crippen LogP contribution is -2.40. The van der Waals surface area contributed by atoms with Gasteiger partial charge in [-0.25, -0.2) is 4.79 Å². The Balaban J connectivity index is 1.48. The fraction of sp³-hybridized carbons (Fsp3) is 0.478. The number of hydrogen-bond donors (Lipinski definition) is 1. The van der Waals surface area contributed by atoms with Crippen molar-refractivity contribution in [3.05, 3.63) is 46.6 Å². The predicted molar refractivity (Wildman–Crippen MR) is 116 cm³/mol. The zero-order chi connectivity index (χ0) is 20.7. The van der Waals surface area contributed by atoms with Gasteiger partial charge in [-0.3, -0.25) is 9.36 Å². The van der Waals surface area contributed by atoms with E-state index in [2.05, 4.69) is 16.8 Å². The molecule has 1 saturated heterocycles. The van der Waals surface area contributed by atoms with Crippen LogP contribution in [0.15, 0.2) is 39.5 Å². The minimum atomic E-state index is -0.284. The van der Waals surface area contributed by atoms with Crippen LogP contribution in [0.3, 0.4) is 0 Å². The molecule has 0 saturated carbocycles. The maximum absolute atomic E-state index is 12.8. The number of benzene rings is 1. The van der Waals surface area contributed by atoms with Crippen LogP contribution in [0.2, 0.25) is 0 Å². The Kier molecular flexibility index (Phi) is 4.98. The molecule has 1 fully saturated rings. The Morgan fingerprint density at radius 1 is 1.07 bits per heavy atom. The van der Waals surface area contributed by atoms with Gasteiger partial charge >= 0.3 is 5.76 Å². The van der Waals surface area contributed by atoms with Crippen LogP contribution < -0.4 is 11.1 Å². The average Bonchev–Trinajstić information content (AvgIpc) is 3.34. The first-order chi connectivity index (χ1) is 14.7. The Morgan fingerprint density at radius 3 is 2.67 bits per heavy atom. The number of carbonyl (C=O) groups excluding carboxylic acids is 1. The summed E-state index contributed by atoms with van der Waals surface area (Å²) in [5, 5.41) is 3.34. The summed E-state index contributed by atoms with van der Waals surface area (Å²) in [5.41, 5.74) is 4.16. The fourth-order valence-electron chi connectivity index (χ4n) is 4.80. The highest BCUT2D eigenvalue weighted by atomic mass is 16.4. The summed E-state index contributed by atoms with van der Waals surface area (Å²) in [6, 6.07) is 10.0. The molecule has 7 nitrogen and oxygen atoms in total. The summed E-state index contributed by atoms with van der Waals surface area (Å²) in [6.45, 7) is 6.31. The number of rotatable bonds is 5. The zero-order valence-electron chi connectivity index (χ0n) is 17.4. The topological polar surface area (TPSA) is 72.4 Å². The van der Waals surface area contributed by atoms with Gasteiger partial charge in [-0.05, 0) is 56.6 Å². The number of aromatic nitrogens is 2. The van der Waals surface area contributed by atoms with E-state index < -0.39 is 0 Å². The summed E-state index contributed by atoms with van der Waals surface area (Å²) in [4.78, 5) is 27.3. The maximum Gasteiger partial charge on any atom is 0.420 e. The number of oxazole rings is 1. The molecule has 0 spiro atoms. The number of piperidine rings is 1. The number of hydrogen-bond acceptors (Lipinski definition) is 4. The lowest BCUT2D eigenvalue weighted by Gasteiger charge is -2.29. The third-order valence-corrected chi connectivity index (χ3v) is 6.45. The molecular weight excluding hydrogens is 380 g/mol. The number of nitrogens with one attached hydrogen (secondary N) is 1. The highest BCUT2D eigenvalue weighted by Crippen LogP contribution is 2.30. The third-order valence-electron chi connectivity index (χ3n) is 6.45. The first-order valence-corrected chi connectivity index (χ1v) is 11.0. The second-order valence-corrected chi connectivity index (χ2v) is 8.30. The van der Waals surface area contributed by atoms with E-state index in [1.807, 2.05) is 39.8 Å². The number of nitrogens with zero attached hydrogens (tertiary/aromatic N) is 3. The molecule has 2 aromatic heterocycles. The minimum absolute atomic E-state index is 0.102. The minimum Gasteiger partial charge on any atom is -0.408 e. The van der Waals surface area contributed by atoms with Crippen LogP contribution in [-0.4, -0.2) is 46.1 Å². The molecule has 0 radical (unpaired) electrons. The van der Waals surface area contributed by atoms with E-state index in [4.69, 9.17) is 4.42 Å². The third kappa shape index (κ3) is 3.17. The molecule has 5 rings (SSSR count). The lowest BCUT2D eigenvalue weighted by atomic mass is 10.1. The van der Waals surface area contributed by atoms with Gasteiger partial charge in [0.25, 0.3) is 5.91 Å². The average molecular weight is 409 g/mol. The SMILES string of the molecule is CCCCN1CCn2c(ccc2-c2ccc3c(c2)oc(=O)n3C2CCNCC2)C1=O. The molecular formula is C23H28N4O3. The molecule has 2 aliphatic heterocycles. The van der Waals surface area contributed by atoms with Crippen molar-refractivity contribution >= 4 is 17.0 Å². The lowest BCUT2D eigenvalue weighted by molar-refractivity contribution is 0.0703. The summed E-state index contributed by atoms with van der Waals surface area (Å²) >= 11 is 0. The van der Waals surface area contributed by atoms with E-state index in [1.165, 1.54) is 0 Å². The Hall–Kier alpha value is -2.80. The van der Waals surface area contributed by atoms with Crippen molar-refractivity contribution in [2.45, 2.75) is 45.2 Å². The van der Waals surface area contributed by atoms with Crippen molar-refractivity contribution in [2.75, 3.05) is 26.2 Å². The van der Waals surface area contributed by atoms with Gasteiger partial charge in [0.05, 0.1) is 5.52 Å². The van der Waals surface area contributed by atoms with Crippen molar-refractivity contribution in [3.8, 4) is 11.3 Å². The number of amides is 1. The Bertz CT molecular complexity index is 1130. The van der Waals surface area contributed by atoms with E-state index in [1.54, 1.807) is 0 Å². The van der Waals surface area contributed by atoms with Gasteiger partial charge < -0.3 is 19.2 Å². The first kappa shape index (κ1) is 19.2. The van der Waals surface area contributed by atoms with Gasteiger partial charge in [-0.2, -0.15) is 0 Å². The molecule has 1 amide bonds. The molecule has 1 aromatic carbocycles. The van der Waals surface area contributed by atoms with E-state index in [0.29, 0.717) is 5.58 Å². The molecule has 2 aliphatic rings. The smallest absolute Gasteiger partial charge is 0.408 e. The molecule has 0 atom stereocenters. The quantitative estimate of drug-likeness (QED) is 0.703. The van der Waals surface area contributed by atoms with Crippen molar-refractivity contribution in [2.24, 2.45) is 0 Å². The molecule has 4 heterocycles. The van der Waals surface area contributed by atoms with Gasteiger partial charge in [0.15, 0.2) is 5.58 Å². The maximum atomic E-state index is 12.8. The van der Waals surface area contributed by atoms with Crippen LogP contribution in [0.4, 0.5) is 0 Å². The molecule has 0 aliphatic carbocycles. The highest BCUT2D eigenvalue weighted by Gasteiger charge is 2.27. The van der Waals surface area contributed by atoms with E-state index in [-0.39, 0.29) is 17.7 Å². The van der Waals surface area contributed by atoms with Gasteiger partial charge in [0.2, 0.25) is 0 Å². The predicted octanol–water partition coefficient (Wildman–Crippen LogP) is 3.24. The summed E-state index contributed by atoms with van der Waals surface area (Å²) in [7, 11) is 0. The number of unbranched alkanes of at least 4 members (excludes halogenated alkanes) is 1. The second-order valence-electron chi connectivity index (χ2n) is 8.30. The van der Waals surface area contributed by atoms with Crippen LogP contribution in [0, 0.1) is 0 Å². The molecule has 158 valence electrons. The molecule has 30 heavy (non-hydrogen) atoms. The van der Waals surface area contributed by atoms with Crippen molar-refractivity contribution in [3.63, 3.8) is 0 Å². The van der Waals surface area contributed by atoms with Crippen LogP contribution >= 0.6 is 0 Å². The Labute approximate surface area is 175 Å². The van der Waals surface area contributed by atoms with E-state index in [0.717, 1.165) is 80.9 Å². The normalized spacial score (nSPS) is 17.6. The summed E-state index contributed by atoms with van der Waals surface area (Å²) in [6.07, 6.45) is 3.97. The highest BCUT2D eigenvalue weighted by molar-refractivity contribution is 5.95. The van der Waals surface area contributed by atoms with Gasteiger partial charge in [-0.15, -0.1) is 0 Å². The van der Waals surface area contributed by atoms with Gasteiger partial charge in [0, 0.05) is 36.9 Å². The zero-order valence-corrected chi connectivity index (χ0v) is 17.4. The second kappa shape index (κ2) is 7.80. The largest absolute Gasteiger partial charge is 0.420 e.